The highest BCUT2D eigenvalue weighted by Crippen LogP contribution is 2.14. The number of aryl methyl sites for hydroxylation is 1. The van der Waals surface area contributed by atoms with E-state index in [0.717, 1.165) is 17.2 Å². The molecule has 2 heterocycles. The van der Waals surface area contributed by atoms with E-state index in [9.17, 15) is 0 Å². The fraction of sp³-hybridized carbons (Fsp3) is 0.182. The van der Waals surface area contributed by atoms with Crippen molar-refractivity contribution in [1.82, 2.24) is 15.0 Å². The summed E-state index contributed by atoms with van der Waals surface area (Å²) in [6.07, 6.45) is 3.40. The van der Waals surface area contributed by atoms with Gasteiger partial charge in [0.05, 0.1) is 17.9 Å². The number of hydrogen-bond acceptors (Lipinski definition) is 5. The Bertz CT molecular complexity index is 483. The molecule has 82 valence electrons. The third-order valence-corrected chi connectivity index (χ3v) is 2.13. The van der Waals surface area contributed by atoms with E-state index in [0.29, 0.717) is 12.4 Å². The highest BCUT2D eigenvalue weighted by Gasteiger charge is 1.99. The Hall–Kier alpha value is -2.17. The van der Waals surface area contributed by atoms with Crippen LogP contribution < -0.4 is 11.1 Å². The highest BCUT2D eigenvalue weighted by atomic mass is 15.0. The molecule has 3 N–H and O–H groups in total. The minimum absolute atomic E-state index is 0.494. The number of rotatable bonds is 3. The first-order valence-corrected chi connectivity index (χ1v) is 4.98. The van der Waals surface area contributed by atoms with E-state index < -0.39 is 0 Å². The van der Waals surface area contributed by atoms with Crippen LogP contribution in [0.5, 0.6) is 0 Å². The van der Waals surface area contributed by atoms with Crippen molar-refractivity contribution >= 4 is 11.5 Å². The van der Waals surface area contributed by atoms with Crippen LogP contribution in [-0.2, 0) is 6.54 Å². The maximum atomic E-state index is 5.71. The standard InChI is InChI=1S/C11H13N5/c1-8-13-6-4-9(16-8)7-15-10-3-2-5-14-11(10)12/h2-6,15H,7H2,1H3,(H2,12,14). The second-order valence-corrected chi connectivity index (χ2v) is 3.38. The minimum Gasteiger partial charge on any atom is -0.382 e. The number of aromatic nitrogens is 3. The first-order chi connectivity index (χ1) is 7.75. The summed E-state index contributed by atoms with van der Waals surface area (Å²) in [6.45, 7) is 2.47. The van der Waals surface area contributed by atoms with Crippen LogP contribution in [0.3, 0.4) is 0 Å². The number of anilines is 2. The van der Waals surface area contributed by atoms with Crippen LogP contribution in [0.4, 0.5) is 11.5 Å². The summed E-state index contributed by atoms with van der Waals surface area (Å²) in [5.74, 6) is 1.26. The number of nitrogens with zero attached hydrogens (tertiary/aromatic N) is 3. The van der Waals surface area contributed by atoms with E-state index in [1.165, 1.54) is 0 Å². The van der Waals surface area contributed by atoms with Crippen molar-refractivity contribution in [3.63, 3.8) is 0 Å². The third kappa shape index (κ3) is 2.44. The molecule has 0 bridgehead atoms. The van der Waals surface area contributed by atoms with Crippen molar-refractivity contribution in [2.45, 2.75) is 13.5 Å². The maximum Gasteiger partial charge on any atom is 0.146 e. The predicted molar refractivity (Wildman–Crippen MR) is 62.7 cm³/mol. The molecule has 0 aliphatic carbocycles. The molecule has 0 aliphatic heterocycles. The van der Waals surface area contributed by atoms with Gasteiger partial charge in [0, 0.05) is 12.4 Å². The van der Waals surface area contributed by atoms with E-state index >= 15 is 0 Å². The quantitative estimate of drug-likeness (QED) is 0.808. The molecule has 0 radical (unpaired) electrons. The Morgan fingerprint density at radius 1 is 1.25 bits per heavy atom. The Morgan fingerprint density at radius 3 is 2.88 bits per heavy atom. The number of nitrogens with one attached hydrogen (secondary N) is 1. The lowest BCUT2D eigenvalue weighted by molar-refractivity contribution is 0.955. The summed E-state index contributed by atoms with van der Waals surface area (Å²) < 4.78 is 0. The first-order valence-electron chi connectivity index (χ1n) is 4.98. The molecule has 2 aromatic rings. The lowest BCUT2D eigenvalue weighted by Gasteiger charge is -2.07. The predicted octanol–water partition coefficient (Wildman–Crippen LogP) is 1.37. The molecule has 0 atom stereocenters. The van der Waals surface area contributed by atoms with Gasteiger partial charge in [-0.05, 0) is 25.1 Å². The molecule has 2 aromatic heterocycles. The zero-order valence-corrected chi connectivity index (χ0v) is 9.01. The maximum absolute atomic E-state index is 5.71. The van der Waals surface area contributed by atoms with Crippen LogP contribution in [0.25, 0.3) is 0 Å². The summed E-state index contributed by atoms with van der Waals surface area (Å²) in [5, 5.41) is 3.18. The van der Waals surface area contributed by atoms with Crippen molar-refractivity contribution in [3.8, 4) is 0 Å². The molecule has 0 spiro atoms. The monoisotopic (exact) mass is 215 g/mol. The van der Waals surface area contributed by atoms with Crippen molar-refractivity contribution in [1.29, 1.82) is 0 Å². The van der Waals surface area contributed by atoms with Gasteiger partial charge in [-0.2, -0.15) is 0 Å². The molecule has 0 saturated heterocycles. The second-order valence-electron chi connectivity index (χ2n) is 3.38. The summed E-state index contributed by atoms with van der Waals surface area (Å²) in [6, 6.07) is 5.59. The van der Waals surface area contributed by atoms with Gasteiger partial charge in [-0.1, -0.05) is 0 Å². The summed E-state index contributed by atoms with van der Waals surface area (Å²) >= 11 is 0. The van der Waals surface area contributed by atoms with E-state index in [1.54, 1.807) is 12.4 Å². The molecule has 0 fully saturated rings. The molecule has 0 aliphatic rings. The molecule has 0 aromatic carbocycles. The number of nitrogen functional groups attached to an aromatic ring is 1. The molecule has 0 unspecified atom stereocenters. The summed E-state index contributed by atoms with van der Waals surface area (Å²) in [7, 11) is 0. The third-order valence-electron chi connectivity index (χ3n) is 2.13. The Morgan fingerprint density at radius 2 is 2.12 bits per heavy atom. The Balaban J connectivity index is 2.05. The van der Waals surface area contributed by atoms with E-state index in [-0.39, 0.29) is 0 Å². The fourth-order valence-electron chi connectivity index (χ4n) is 1.36. The number of hydrogen-bond donors (Lipinski definition) is 2. The lowest BCUT2D eigenvalue weighted by atomic mass is 10.3. The van der Waals surface area contributed by atoms with Crippen LogP contribution in [0.1, 0.15) is 11.5 Å². The van der Waals surface area contributed by atoms with Gasteiger partial charge in [0.1, 0.15) is 11.6 Å². The molecule has 0 amide bonds. The van der Waals surface area contributed by atoms with Crippen LogP contribution >= 0.6 is 0 Å². The smallest absolute Gasteiger partial charge is 0.146 e. The van der Waals surface area contributed by atoms with E-state index in [2.05, 4.69) is 20.3 Å². The first kappa shape index (κ1) is 10.4. The van der Waals surface area contributed by atoms with Crippen molar-refractivity contribution in [2.24, 2.45) is 0 Å². The lowest BCUT2D eigenvalue weighted by Crippen LogP contribution is -2.05. The summed E-state index contributed by atoms with van der Waals surface area (Å²) in [4.78, 5) is 12.3. The molecular formula is C11H13N5. The highest BCUT2D eigenvalue weighted by molar-refractivity contribution is 5.60. The van der Waals surface area contributed by atoms with Gasteiger partial charge in [-0.25, -0.2) is 15.0 Å². The Labute approximate surface area is 93.8 Å². The van der Waals surface area contributed by atoms with Crippen LogP contribution in [0.2, 0.25) is 0 Å². The Kier molecular flexibility index (Phi) is 2.95. The zero-order chi connectivity index (χ0) is 11.4. The van der Waals surface area contributed by atoms with Gasteiger partial charge < -0.3 is 11.1 Å². The van der Waals surface area contributed by atoms with E-state index in [1.807, 2.05) is 25.1 Å². The van der Waals surface area contributed by atoms with Crippen LogP contribution in [0.15, 0.2) is 30.6 Å². The molecule has 0 saturated carbocycles. The number of nitrogens with two attached hydrogens (primary N) is 1. The van der Waals surface area contributed by atoms with Crippen molar-refractivity contribution in [2.75, 3.05) is 11.1 Å². The molecular weight excluding hydrogens is 202 g/mol. The van der Waals surface area contributed by atoms with Gasteiger partial charge in [0.25, 0.3) is 0 Å². The fourth-order valence-corrected chi connectivity index (χ4v) is 1.36. The van der Waals surface area contributed by atoms with Gasteiger partial charge >= 0.3 is 0 Å². The SMILES string of the molecule is Cc1nccc(CNc2cccnc2N)n1. The van der Waals surface area contributed by atoms with E-state index in [4.69, 9.17) is 5.73 Å². The minimum atomic E-state index is 0.494. The van der Waals surface area contributed by atoms with Gasteiger partial charge in [0.15, 0.2) is 0 Å². The number of pyridine rings is 1. The van der Waals surface area contributed by atoms with Gasteiger partial charge in [-0.15, -0.1) is 0 Å². The van der Waals surface area contributed by atoms with Gasteiger partial charge in [-0.3, -0.25) is 0 Å². The average molecular weight is 215 g/mol. The second kappa shape index (κ2) is 4.57. The molecule has 5 heteroatoms. The topological polar surface area (TPSA) is 76.7 Å². The van der Waals surface area contributed by atoms with Gasteiger partial charge in [0.2, 0.25) is 0 Å². The average Bonchev–Trinajstić information content (AvgIpc) is 2.28. The molecule has 5 nitrogen and oxygen atoms in total. The van der Waals surface area contributed by atoms with Crippen LogP contribution in [-0.4, -0.2) is 15.0 Å². The van der Waals surface area contributed by atoms with Crippen molar-refractivity contribution in [3.05, 3.63) is 42.1 Å². The zero-order valence-electron chi connectivity index (χ0n) is 9.01. The molecule has 2 rings (SSSR count). The van der Waals surface area contributed by atoms with Crippen LogP contribution in [0, 0.1) is 6.92 Å². The molecule has 16 heavy (non-hydrogen) atoms. The van der Waals surface area contributed by atoms with Crippen molar-refractivity contribution < 1.29 is 0 Å². The normalized spacial score (nSPS) is 10.1. The summed E-state index contributed by atoms with van der Waals surface area (Å²) in [5.41, 5.74) is 7.45. The largest absolute Gasteiger partial charge is 0.382 e.